The fraction of sp³-hybridized carbons (Fsp3) is 0.696. The van der Waals surface area contributed by atoms with Gasteiger partial charge in [-0.2, -0.15) is 0 Å². The van der Waals surface area contributed by atoms with Gasteiger partial charge in [0.2, 0.25) is 0 Å². The Labute approximate surface area is 195 Å². The largest absolute Gasteiger partial charge is 0.495 e. The van der Waals surface area contributed by atoms with Gasteiger partial charge in [-0.1, -0.05) is 0 Å². The number of hydrogen-bond donors (Lipinski definition) is 0. The zero-order valence-electron chi connectivity index (χ0n) is 21.1. The van der Waals surface area contributed by atoms with Crippen LogP contribution in [0.5, 0.6) is 0 Å². The van der Waals surface area contributed by atoms with E-state index in [9.17, 15) is 14.4 Å². The zero-order chi connectivity index (χ0) is 25.2. The number of pyridine rings is 1. The molecule has 0 bridgehead atoms. The Morgan fingerprint density at radius 2 is 1.73 bits per heavy atom. The zero-order valence-corrected chi connectivity index (χ0v) is 21.1. The van der Waals surface area contributed by atoms with Crippen LogP contribution in [0.2, 0.25) is 0 Å². The fourth-order valence-corrected chi connectivity index (χ4v) is 3.32. The summed E-state index contributed by atoms with van der Waals surface area (Å²) in [6.07, 6.45) is 1.51. The lowest BCUT2D eigenvalue weighted by molar-refractivity contribution is -0.159. The summed E-state index contributed by atoms with van der Waals surface area (Å²) < 4.78 is 29.2. The number of carbonyl (C=O) groups is 2. The third-order valence-corrected chi connectivity index (χ3v) is 5.73. The molecule has 0 aromatic carbocycles. The topological polar surface area (TPSA) is 102 Å². The second-order valence-corrected chi connectivity index (χ2v) is 10.0. The van der Waals surface area contributed by atoms with E-state index in [1.54, 1.807) is 27.7 Å². The molecule has 0 amide bonds. The first-order valence-corrected chi connectivity index (χ1v) is 11.1. The molecular formula is C23H36BNO8. The molecule has 0 radical (unpaired) electrons. The van der Waals surface area contributed by atoms with E-state index in [1.165, 1.54) is 23.9 Å². The molecule has 1 aliphatic rings. The van der Waals surface area contributed by atoms with Gasteiger partial charge in [0, 0.05) is 37.9 Å². The maximum atomic E-state index is 13.2. The molecule has 0 N–H and O–H groups in total. The highest BCUT2D eigenvalue weighted by atomic mass is 16.7. The van der Waals surface area contributed by atoms with E-state index in [0.717, 1.165) is 0 Å². The Balaban J connectivity index is 2.60. The normalized spacial score (nSPS) is 18.2. The Hall–Kier alpha value is -2.17. The van der Waals surface area contributed by atoms with Crippen LogP contribution in [0.25, 0.3) is 0 Å². The molecule has 1 unspecified atom stereocenters. The van der Waals surface area contributed by atoms with Crippen LogP contribution in [0, 0.1) is 0 Å². The van der Waals surface area contributed by atoms with Crippen molar-refractivity contribution in [1.82, 2.24) is 4.57 Å². The van der Waals surface area contributed by atoms with E-state index < -0.39 is 47.5 Å². The van der Waals surface area contributed by atoms with Gasteiger partial charge in [0.1, 0.15) is 11.6 Å². The lowest BCUT2D eigenvalue weighted by atomic mass is 9.76. The van der Waals surface area contributed by atoms with Crippen molar-refractivity contribution in [2.75, 3.05) is 20.3 Å². The van der Waals surface area contributed by atoms with Crippen LogP contribution in [0.15, 0.2) is 17.1 Å². The van der Waals surface area contributed by atoms with Crippen molar-refractivity contribution in [3.63, 3.8) is 0 Å². The van der Waals surface area contributed by atoms with Crippen LogP contribution in [0.4, 0.5) is 0 Å². The van der Waals surface area contributed by atoms with Crippen molar-refractivity contribution in [1.29, 1.82) is 0 Å². The van der Waals surface area contributed by atoms with Crippen LogP contribution >= 0.6 is 0 Å². The highest BCUT2D eigenvalue weighted by molar-refractivity contribution is 6.63. The average Bonchev–Trinajstić information content (AvgIpc) is 2.88. The van der Waals surface area contributed by atoms with E-state index in [4.69, 9.17) is 23.5 Å². The molecule has 184 valence electrons. The first kappa shape index (κ1) is 27.1. The van der Waals surface area contributed by atoms with E-state index >= 15 is 0 Å². The second-order valence-electron chi connectivity index (χ2n) is 10.0. The predicted octanol–water partition coefficient (Wildman–Crippen LogP) is 2.24. The van der Waals surface area contributed by atoms with Crippen LogP contribution in [0.1, 0.15) is 78.2 Å². The van der Waals surface area contributed by atoms with Gasteiger partial charge in [-0.3, -0.25) is 4.79 Å². The molecule has 9 nitrogen and oxygen atoms in total. The van der Waals surface area contributed by atoms with Gasteiger partial charge in [-0.25, -0.2) is 9.59 Å². The first-order valence-electron chi connectivity index (χ1n) is 11.1. The summed E-state index contributed by atoms with van der Waals surface area (Å²) >= 11 is 0. The highest BCUT2D eigenvalue weighted by Crippen LogP contribution is 2.36. The number of ether oxygens (including phenoxy) is 3. The van der Waals surface area contributed by atoms with Gasteiger partial charge in [-0.05, 0) is 55.4 Å². The SMILES string of the molecule is CCOC(=O)c1cn(C(CCOC)C(=O)OC(C)(C)C)c(=O)cc1B1OC(C)(C)C(C)(C)O1. The minimum Gasteiger partial charge on any atom is -0.462 e. The van der Waals surface area contributed by atoms with Gasteiger partial charge in [0.25, 0.3) is 5.56 Å². The summed E-state index contributed by atoms with van der Waals surface area (Å²) in [5.41, 5.74) is -2.26. The quantitative estimate of drug-likeness (QED) is 0.426. The van der Waals surface area contributed by atoms with Gasteiger partial charge >= 0.3 is 19.1 Å². The van der Waals surface area contributed by atoms with Gasteiger partial charge in [0.15, 0.2) is 0 Å². The Morgan fingerprint density at radius 3 is 2.21 bits per heavy atom. The number of rotatable bonds is 8. The Morgan fingerprint density at radius 1 is 1.15 bits per heavy atom. The van der Waals surface area contributed by atoms with E-state index in [2.05, 4.69) is 0 Å². The van der Waals surface area contributed by atoms with Crippen molar-refractivity contribution >= 4 is 24.5 Å². The Bertz CT molecular complexity index is 915. The number of aromatic nitrogens is 1. The van der Waals surface area contributed by atoms with Crippen molar-refractivity contribution in [2.24, 2.45) is 0 Å². The van der Waals surface area contributed by atoms with Gasteiger partial charge in [-0.15, -0.1) is 0 Å². The summed E-state index contributed by atoms with van der Waals surface area (Å²) in [7, 11) is 0.552. The first-order chi connectivity index (χ1) is 15.1. The Kier molecular flexibility index (Phi) is 8.20. The molecule has 1 aromatic heterocycles. The monoisotopic (exact) mass is 465 g/mol. The molecule has 1 fully saturated rings. The summed E-state index contributed by atoms with van der Waals surface area (Å²) in [6.45, 7) is 14.8. The lowest BCUT2D eigenvalue weighted by Gasteiger charge is -2.32. The average molecular weight is 465 g/mol. The summed E-state index contributed by atoms with van der Waals surface area (Å²) in [5, 5.41) is 0. The maximum absolute atomic E-state index is 13.2. The van der Waals surface area contributed by atoms with Gasteiger partial charge in [0.05, 0.1) is 23.4 Å². The van der Waals surface area contributed by atoms with Crippen molar-refractivity contribution in [2.45, 2.75) is 84.7 Å². The van der Waals surface area contributed by atoms with Crippen LogP contribution in [-0.2, 0) is 28.3 Å². The molecule has 1 aromatic rings. The fourth-order valence-electron chi connectivity index (χ4n) is 3.32. The molecule has 0 aliphatic carbocycles. The molecule has 0 saturated carbocycles. The number of esters is 2. The van der Waals surface area contributed by atoms with Crippen LogP contribution < -0.4 is 11.0 Å². The smallest absolute Gasteiger partial charge is 0.462 e. The van der Waals surface area contributed by atoms with Gasteiger partial charge < -0.3 is 28.1 Å². The molecule has 1 atom stereocenters. The van der Waals surface area contributed by atoms with Crippen molar-refractivity contribution in [3.8, 4) is 0 Å². The molecule has 2 rings (SSSR count). The van der Waals surface area contributed by atoms with Crippen molar-refractivity contribution in [3.05, 3.63) is 28.2 Å². The molecule has 33 heavy (non-hydrogen) atoms. The van der Waals surface area contributed by atoms with E-state index in [-0.39, 0.29) is 30.7 Å². The summed E-state index contributed by atoms with van der Waals surface area (Å²) in [5.74, 6) is -1.24. The minimum absolute atomic E-state index is 0.0842. The highest BCUT2D eigenvalue weighted by Gasteiger charge is 2.53. The van der Waals surface area contributed by atoms with Crippen LogP contribution in [-0.4, -0.2) is 60.8 Å². The molecular weight excluding hydrogens is 429 g/mol. The number of hydrogen-bond acceptors (Lipinski definition) is 8. The second kappa shape index (κ2) is 9.99. The van der Waals surface area contributed by atoms with Crippen molar-refractivity contribution < 1.29 is 33.1 Å². The summed E-state index contributed by atoms with van der Waals surface area (Å²) in [6, 6.07) is 0.274. The number of methoxy groups -OCH3 is 1. The number of carbonyl (C=O) groups excluding carboxylic acids is 2. The molecule has 1 saturated heterocycles. The third-order valence-electron chi connectivity index (χ3n) is 5.73. The predicted molar refractivity (Wildman–Crippen MR) is 124 cm³/mol. The summed E-state index contributed by atoms with van der Waals surface area (Å²) in [4.78, 5) is 39.0. The van der Waals surface area contributed by atoms with E-state index in [0.29, 0.717) is 0 Å². The number of nitrogens with zero attached hydrogens (tertiary/aromatic N) is 1. The maximum Gasteiger partial charge on any atom is 0.495 e. The standard InChI is InChI=1S/C23H36BNO8/c1-10-30-19(27)15-14-25(17(11-12-29-9)20(28)31-21(2,3)4)18(26)13-16(15)24-32-22(5,6)23(7,8)33-24/h13-14,17H,10-12H2,1-9H3. The molecule has 0 spiro atoms. The molecule has 10 heteroatoms. The van der Waals surface area contributed by atoms with E-state index in [1.807, 2.05) is 27.7 Å². The lowest BCUT2D eigenvalue weighted by Crippen LogP contribution is -2.44. The molecule has 1 aliphatic heterocycles. The third kappa shape index (κ3) is 6.25. The minimum atomic E-state index is -0.989. The molecule has 2 heterocycles. The van der Waals surface area contributed by atoms with Crippen LogP contribution in [0.3, 0.4) is 0 Å².